The number of nitrogens with one attached hydrogen (secondary N) is 2. The molecule has 1 aliphatic rings. The molecule has 1 atom stereocenters. The van der Waals surface area contributed by atoms with Crippen LogP contribution in [0.15, 0.2) is 27.6 Å². The van der Waals surface area contributed by atoms with E-state index in [1.165, 1.54) is 7.11 Å². The Morgan fingerprint density at radius 3 is 2.89 bits per heavy atom. The third-order valence-electron chi connectivity index (χ3n) is 3.03. The van der Waals surface area contributed by atoms with Crippen molar-refractivity contribution in [1.82, 2.24) is 10.0 Å². The van der Waals surface area contributed by atoms with Gasteiger partial charge in [0.1, 0.15) is 10.6 Å². The summed E-state index contributed by atoms with van der Waals surface area (Å²) in [4.78, 5) is 0.162. The van der Waals surface area contributed by atoms with E-state index < -0.39 is 10.0 Å². The highest BCUT2D eigenvalue weighted by Crippen LogP contribution is 2.27. The molecule has 0 saturated carbocycles. The number of methoxy groups -OCH3 is 1. The van der Waals surface area contributed by atoms with E-state index in [2.05, 4.69) is 26.0 Å². The summed E-state index contributed by atoms with van der Waals surface area (Å²) in [5.74, 6) is 0.347. The van der Waals surface area contributed by atoms with Gasteiger partial charge in [0.25, 0.3) is 0 Å². The number of halogens is 1. The minimum Gasteiger partial charge on any atom is -0.495 e. The molecule has 0 bridgehead atoms. The highest BCUT2D eigenvalue weighted by atomic mass is 79.9. The summed E-state index contributed by atoms with van der Waals surface area (Å²) >= 11 is 3.28. The van der Waals surface area contributed by atoms with Crippen LogP contribution in [0.1, 0.15) is 12.8 Å². The van der Waals surface area contributed by atoms with Crippen LogP contribution >= 0.6 is 15.9 Å². The third kappa shape index (κ3) is 3.68. The molecule has 5 nitrogen and oxygen atoms in total. The molecule has 7 heteroatoms. The van der Waals surface area contributed by atoms with E-state index in [4.69, 9.17) is 4.74 Å². The van der Waals surface area contributed by atoms with Crippen LogP contribution in [0.4, 0.5) is 0 Å². The fourth-order valence-corrected chi connectivity index (χ4v) is 4.07. The second kappa shape index (κ2) is 6.21. The molecule has 19 heavy (non-hydrogen) atoms. The topological polar surface area (TPSA) is 67.4 Å². The Kier molecular flexibility index (Phi) is 4.83. The molecule has 0 aliphatic carbocycles. The molecule has 1 aliphatic heterocycles. The van der Waals surface area contributed by atoms with Gasteiger partial charge in [0.15, 0.2) is 0 Å². The van der Waals surface area contributed by atoms with Crippen molar-refractivity contribution in [3.8, 4) is 5.75 Å². The number of sulfonamides is 1. The van der Waals surface area contributed by atoms with Crippen LogP contribution in [0.3, 0.4) is 0 Å². The SMILES string of the molecule is COc1ccc(Br)cc1S(=O)(=O)N[C@@H]1CCCNC1. The maximum atomic E-state index is 12.4. The number of piperidine rings is 1. The van der Waals surface area contributed by atoms with Gasteiger partial charge in [0.05, 0.1) is 7.11 Å². The first-order valence-corrected chi connectivity index (χ1v) is 8.37. The van der Waals surface area contributed by atoms with Crippen LogP contribution in [-0.4, -0.2) is 34.7 Å². The van der Waals surface area contributed by atoms with Crippen LogP contribution in [0.2, 0.25) is 0 Å². The quantitative estimate of drug-likeness (QED) is 0.864. The van der Waals surface area contributed by atoms with Gasteiger partial charge in [-0.25, -0.2) is 13.1 Å². The fourth-order valence-electron chi connectivity index (χ4n) is 2.10. The van der Waals surface area contributed by atoms with Gasteiger partial charge in [-0.1, -0.05) is 15.9 Å². The first kappa shape index (κ1) is 14.8. The van der Waals surface area contributed by atoms with Gasteiger partial charge in [-0.15, -0.1) is 0 Å². The van der Waals surface area contributed by atoms with Crippen LogP contribution in [-0.2, 0) is 10.0 Å². The van der Waals surface area contributed by atoms with E-state index >= 15 is 0 Å². The zero-order chi connectivity index (χ0) is 13.9. The Labute approximate surface area is 121 Å². The molecule has 0 amide bonds. The van der Waals surface area contributed by atoms with E-state index in [9.17, 15) is 8.42 Å². The van der Waals surface area contributed by atoms with Crippen LogP contribution in [0.25, 0.3) is 0 Å². The molecular weight excluding hydrogens is 332 g/mol. The second-order valence-corrected chi connectivity index (χ2v) is 7.06. The van der Waals surface area contributed by atoms with Crippen molar-refractivity contribution in [2.75, 3.05) is 20.2 Å². The smallest absolute Gasteiger partial charge is 0.244 e. The minimum atomic E-state index is -3.57. The van der Waals surface area contributed by atoms with Gasteiger partial charge in [0, 0.05) is 17.1 Å². The van der Waals surface area contributed by atoms with E-state index in [-0.39, 0.29) is 10.9 Å². The van der Waals surface area contributed by atoms with Crippen molar-refractivity contribution in [2.24, 2.45) is 0 Å². The zero-order valence-corrected chi connectivity index (χ0v) is 13.1. The lowest BCUT2D eigenvalue weighted by Gasteiger charge is -2.24. The standard InChI is InChI=1S/C12H17BrN2O3S/c1-18-11-5-4-9(13)7-12(11)19(16,17)15-10-3-2-6-14-8-10/h4-5,7,10,14-15H,2-3,6,8H2,1H3/t10-/m1/s1. The van der Waals surface area contributed by atoms with Gasteiger partial charge in [-0.05, 0) is 37.6 Å². The average Bonchev–Trinajstić information content (AvgIpc) is 2.39. The summed E-state index contributed by atoms with van der Waals surface area (Å²) < 4.78 is 33.3. The summed E-state index contributed by atoms with van der Waals surface area (Å²) in [6.07, 6.45) is 1.82. The Morgan fingerprint density at radius 2 is 2.26 bits per heavy atom. The number of benzene rings is 1. The van der Waals surface area contributed by atoms with E-state index in [1.807, 2.05) is 0 Å². The summed E-state index contributed by atoms with van der Waals surface area (Å²) in [5, 5.41) is 3.18. The van der Waals surface area contributed by atoms with Gasteiger partial charge < -0.3 is 10.1 Å². The first-order chi connectivity index (χ1) is 9.03. The number of hydrogen-bond donors (Lipinski definition) is 2. The Morgan fingerprint density at radius 1 is 1.47 bits per heavy atom. The van der Waals surface area contributed by atoms with Crippen molar-refractivity contribution >= 4 is 26.0 Å². The molecule has 2 rings (SSSR count). The summed E-state index contributed by atoms with van der Waals surface area (Å²) in [6.45, 7) is 1.61. The molecule has 1 aromatic rings. The normalized spacial score (nSPS) is 20.2. The lowest BCUT2D eigenvalue weighted by atomic mass is 10.1. The van der Waals surface area contributed by atoms with Crippen molar-refractivity contribution in [2.45, 2.75) is 23.8 Å². The van der Waals surface area contributed by atoms with Gasteiger partial charge in [0.2, 0.25) is 10.0 Å². The first-order valence-electron chi connectivity index (χ1n) is 6.09. The average molecular weight is 349 g/mol. The Bertz CT molecular complexity index is 542. The van der Waals surface area contributed by atoms with Crippen molar-refractivity contribution in [3.05, 3.63) is 22.7 Å². The van der Waals surface area contributed by atoms with E-state index in [0.717, 1.165) is 19.4 Å². The molecule has 2 N–H and O–H groups in total. The molecule has 0 unspecified atom stereocenters. The molecule has 0 spiro atoms. The molecule has 0 aromatic heterocycles. The molecule has 1 saturated heterocycles. The van der Waals surface area contributed by atoms with Gasteiger partial charge in [-0.2, -0.15) is 0 Å². The van der Waals surface area contributed by atoms with E-state index in [0.29, 0.717) is 16.8 Å². The highest BCUT2D eigenvalue weighted by molar-refractivity contribution is 9.10. The zero-order valence-electron chi connectivity index (χ0n) is 10.6. The van der Waals surface area contributed by atoms with Crippen molar-refractivity contribution in [1.29, 1.82) is 0 Å². The second-order valence-electron chi connectivity index (χ2n) is 4.46. The summed E-state index contributed by atoms with van der Waals surface area (Å²) in [5.41, 5.74) is 0. The maximum Gasteiger partial charge on any atom is 0.244 e. The summed E-state index contributed by atoms with van der Waals surface area (Å²) in [6, 6.07) is 4.87. The number of rotatable bonds is 4. The molecule has 0 radical (unpaired) electrons. The Balaban J connectivity index is 2.25. The predicted molar refractivity (Wildman–Crippen MR) is 76.9 cm³/mol. The van der Waals surface area contributed by atoms with Crippen LogP contribution < -0.4 is 14.8 Å². The third-order valence-corrected chi connectivity index (χ3v) is 5.07. The summed E-state index contributed by atoms with van der Waals surface area (Å²) in [7, 11) is -2.11. The predicted octanol–water partition coefficient (Wildman–Crippen LogP) is 1.49. The van der Waals surface area contributed by atoms with Crippen molar-refractivity contribution in [3.63, 3.8) is 0 Å². The minimum absolute atomic E-state index is 0.0672. The molecule has 1 aromatic carbocycles. The molecular formula is C12H17BrN2O3S. The highest BCUT2D eigenvalue weighted by Gasteiger charge is 2.24. The monoisotopic (exact) mass is 348 g/mol. The van der Waals surface area contributed by atoms with E-state index in [1.54, 1.807) is 18.2 Å². The maximum absolute atomic E-state index is 12.4. The lowest BCUT2D eigenvalue weighted by molar-refractivity contribution is 0.399. The van der Waals surface area contributed by atoms with Crippen LogP contribution in [0, 0.1) is 0 Å². The largest absolute Gasteiger partial charge is 0.495 e. The Hall–Kier alpha value is -0.630. The molecule has 1 fully saturated rings. The van der Waals surface area contributed by atoms with Gasteiger partial charge >= 0.3 is 0 Å². The van der Waals surface area contributed by atoms with Crippen molar-refractivity contribution < 1.29 is 13.2 Å². The molecule has 1 heterocycles. The molecule has 106 valence electrons. The lowest BCUT2D eigenvalue weighted by Crippen LogP contribution is -2.45. The fraction of sp³-hybridized carbons (Fsp3) is 0.500. The van der Waals surface area contributed by atoms with Crippen LogP contribution in [0.5, 0.6) is 5.75 Å². The number of ether oxygens (including phenoxy) is 1. The number of hydrogen-bond acceptors (Lipinski definition) is 4. The van der Waals surface area contributed by atoms with Gasteiger partial charge in [-0.3, -0.25) is 0 Å².